The molecule has 1 saturated carbocycles. The zero-order valence-electron chi connectivity index (χ0n) is 13.7. The maximum Gasteiger partial charge on any atom is 0.220 e. The molecule has 2 atom stereocenters. The Labute approximate surface area is 125 Å². The summed E-state index contributed by atoms with van der Waals surface area (Å²) in [6.45, 7) is 6.62. The maximum absolute atomic E-state index is 11.9. The lowest BCUT2D eigenvalue weighted by Crippen LogP contribution is -2.36. The summed E-state index contributed by atoms with van der Waals surface area (Å²) in [5.74, 6) is 0.265. The van der Waals surface area contributed by atoms with E-state index in [9.17, 15) is 4.79 Å². The van der Waals surface area contributed by atoms with Crippen molar-refractivity contribution in [1.82, 2.24) is 10.6 Å². The third kappa shape index (κ3) is 7.88. The predicted molar refractivity (Wildman–Crippen MR) is 85.8 cm³/mol. The number of nitrogens with one attached hydrogen (secondary N) is 2. The van der Waals surface area contributed by atoms with E-state index in [1.807, 2.05) is 0 Å². The Morgan fingerprint density at radius 2 is 1.75 bits per heavy atom. The van der Waals surface area contributed by atoms with E-state index < -0.39 is 0 Å². The molecule has 2 N–H and O–H groups in total. The quantitative estimate of drug-likeness (QED) is 0.525. The predicted octanol–water partition coefficient (Wildman–Crippen LogP) is 3.77. The van der Waals surface area contributed by atoms with Crippen molar-refractivity contribution in [3.8, 4) is 0 Å². The standard InChI is InChI=1S/C17H34N2O/c1-4-5-6-7-11-17(20)19-16-10-8-9-15(12-13-16)18-14(2)3/h14-16,18H,4-13H2,1-3H3,(H,19,20). The summed E-state index contributed by atoms with van der Waals surface area (Å²) >= 11 is 0. The second-order valence-electron chi connectivity index (χ2n) is 6.60. The van der Waals surface area contributed by atoms with Crippen LogP contribution in [-0.2, 0) is 4.79 Å². The maximum atomic E-state index is 11.9. The molecule has 1 aliphatic rings. The Hall–Kier alpha value is -0.570. The van der Waals surface area contributed by atoms with Crippen molar-refractivity contribution in [2.45, 2.75) is 103 Å². The van der Waals surface area contributed by atoms with Gasteiger partial charge in [-0.15, -0.1) is 0 Å². The van der Waals surface area contributed by atoms with Gasteiger partial charge >= 0.3 is 0 Å². The molecule has 0 radical (unpaired) electrons. The zero-order chi connectivity index (χ0) is 14.8. The minimum absolute atomic E-state index is 0.265. The van der Waals surface area contributed by atoms with Crippen LogP contribution in [0.2, 0.25) is 0 Å². The molecule has 0 aromatic rings. The molecule has 1 amide bonds. The monoisotopic (exact) mass is 282 g/mol. The molecular weight excluding hydrogens is 248 g/mol. The molecule has 3 nitrogen and oxygen atoms in total. The van der Waals surface area contributed by atoms with E-state index in [1.165, 1.54) is 38.5 Å². The lowest BCUT2D eigenvalue weighted by molar-refractivity contribution is -0.122. The minimum atomic E-state index is 0.265. The first-order valence-electron chi connectivity index (χ1n) is 8.67. The number of rotatable bonds is 8. The normalized spacial score (nSPS) is 23.6. The number of carbonyl (C=O) groups excluding carboxylic acids is 1. The van der Waals surface area contributed by atoms with Crippen LogP contribution in [0, 0.1) is 0 Å². The number of carbonyl (C=O) groups is 1. The molecule has 0 aromatic carbocycles. The third-order valence-electron chi connectivity index (χ3n) is 4.16. The van der Waals surface area contributed by atoms with E-state index in [2.05, 4.69) is 31.4 Å². The summed E-state index contributed by atoms with van der Waals surface area (Å²) in [6, 6.07) is 1.61. The van der Waals surface area contributed by atoms with Crippen molar-refractivity contribution in [1.29, 1.82) is 0 Å². The Morgan fingerprint density at radius 3 is 2.45 bits per heavy atom. The van der Waals surface area contributed by atoms with Crippen LogP contribution in [0.1, 0.15) is 85.0 Å². The van der Waals surface area contributed by atoms with Gasteiger partial charge in [0.25, 0.3) is 0 Å². The van der Waals surface area contributed by atoms with Gasteiger partial charge in [-0.05, 0) is 38.5 Å². The van der Waals surface area contributed by atoms with Crippen molar-refractivity contribution in [2.75, 3.05) is 0 Å². The van der Waals surface area contributed by atoms with Gasteiger partial charge in [0.2, 0.25) is 5.91 Å². The van der Waals surface area contributed by atoms with Crippen molar-refractivity contribution in [3.63, 3.8) is 0 Å². The van der Waals surface area contributed by atoms with Crippen molar-refractivity contribution < 1.29 is 4.79 Å². The van der Waals surface area contributed by atoms with Gasteiger partial charge in [0, 0.05) is 24.5 Å². The van der Waals surface area contributed by atoms with Gasteiger partial charge in [0.05, 0.1) is 0 Å². The van der Waals surface area contributed by atoms with E-state index >= 15 is 0 Å². The molecule has 0 bridgehead atoms. The smallest absolute Gasteiger partial charge is 0.220 e. The highest BCUT2D eigenvalue weighted by Gasteiger charge is 2.20. The molecule has 1 aliphatic carbocycles. The van der Waals surface area contributed by atoms with Gasteiger partial charge < -0.3 is 10.6 Å². The third-order valence-corrected chi connectivity index (χ3v) is 4.16. The van der Waals surface area contributed by atoms with Crippen LogP contribution in [0.4, 0.5) is 0 Å². The van der Waals surface area contributed by atoms with Crippen LogP contribution in [-0.4, -0.2) is 24.0 Å². The Kier molecular flexibility index (Phi) is 8.92. The van der Waals surface area contributed by atoms with Gasteiger partial charge in [-0.2, -0.15) is 0 Å². The van der Waals surface area contributed by atoms with Crippen molar-refractivity contribution in [3.05, 3.63) is 0 Å². The van der Waals surface area contributed by atoms with E-state index in [4.69, 9.17) is 0 Å². The van der Waals surface area contributed by atoms with E-state index in [0.29, 0.717) is 24.5 Å². The van der Waals surface area contributed by atoms with Gasteiger partial charge in [-0.25, -0.2) is 0 Å². The lowest BCUT2D eigenvalue weighted by Gasteiger charge is -2.19. The number of unbranched alkanes of at least 4 members (excludes halogenated alkanes) is 3. The lowest BCUT2D eigenvalue weighted by atomic mass is 10.1. The topological polar surface area (TPSA) is 41.1 Å². The SMILES string of the molecule is CCCCCCC(=O)NC1CCCC(NC(C)C)CC1. The van der Waals surface area contributed by atoms with Gasteiger partial charge in [0.15, 0.2) is 0 Å². The molecule has 0 aromatic heterocycles. The average molecular weight is 282 g/mol. The molecule has 1 rings (SSSR count). The molecular formula is C17H34N2O. The molecule has 0 heterocycles. The first-order valence-corrected chi connectivity index (χ1v) is 8.67. The minimum Gasteiger partial charge on any atom is -0.353 e. The summed E-state index contributed by atoms with van der Waals surface area (Å²) in [7, 11) is 0. The number of hydrogen-bond donors (Lipinski definition) is 2. The molecule has 0 aliphatic heterocycles. The molecule has 0 spiro atoms. The largest absolute Gasteiger partial charge is 0.353 e. The van der Waals surface area contributed by atoms with E-state index in [1.54, 1.807) is 0 Å². The summed E-state index contributed by atoms with van der Waals surface area (Å²) < 4.78 is 0. The second kappa shape index (κ2) is 10.2. The molecule has 20 heavy (non-hydrogen) atoms. The summed E-state index contributed by atoms with van der Waals surface area (Å²) in [5.41, 5.74) is 0. The van der Waals surface area contributed by atoms with Gasteiger partial charge in [-0.3, -0.25) is 4.79 Å². The highest BCUT2D eigenvalue weighted by molar-refractivity contribution is 5.76. The van der Waals surface area contributed by atoms with Crippen LogP contribution in [0.15, 0.2) is 0 Å². The summed E-state index contributed by atoms with van der Waals surface area (Å²) in [5, 5.41) is 6.87. The van der Waals surface area contributed by atoms with Gasteiger partial charge in [0.1, 0.15) is 0 Å². The Morgan fingerprint density at radius 1 is 1.05 bits per heavy atom. The first-order chi connectivity index (χ1) is 9.61. The van der Waals surface area contributed by atoms with Crippen LogP contribution in [0.25, 0.3) is 0 Å². The Bertz CT molecular complexity index is 266. The first kappa shape index (κ1) is 17.5. The molecule has 0 saturated heterocycles. The zero-order valence-corrected chi connectivity index (χ0v) is 13.7. The molecule has 3 heteroatoms. The highest BCUT2D eigenvalue weighted by atomic mass is 16.1. The van der Waals surface area contributed by atoms with Gasteiger partial charge in [-0.1, -0.05) is 40.0 Å². The van der Waals surface area contributed by atoms with Crippen LogP contribution in [0.3, 0.4) is 0 Å². The van der Waals surface area contributed by atoms with E-state index in [-0.39, 0.29) is 5.91 Å². The van der Waals surface area contributed by atoms with Crippen molar-refractivity contribution in [2.24, 2.45) is 0 Å². The highest BCUT2D eigenvalue weighted by Crippen LogP contribution is 2.19. The fraction of sp³-hybridized carbons (Fsp3) is 0.941. The molecule has 2 unspecified atom stereocenters. The van der Waals surface area contributed by atoms with Crippen LogP contribution in [0.5, 0.6) is 0 Å². The summed E-state index contributed by atoms with van der Waals surface area (Å²) in [4.78, 5) is 11.9. The molecule has 118 valence electrons. The molecule has 1 fully saturated rings. The average Bonchev–Trinajstić information content (AvgIpc) is 2.60. The van der Waals surface area contributed by atoms with Crippen LogP contribution < -0.4 is 10.6 Å². The Balaban J connectivity index is 2.19. The van der Waals surface area contributed by atoms with Crippen molar-refractivity contribution >= 4 is 5.91 Å². The number of amides is 1. The summed E-state index contributed by atoms with van der Waals surface area (Å²) in [6.07, 6.45) is 11.4. The number of hydrogen-bond acceptors (Lipinski definition) is 2. The van der Waals surface area contributed by atoms with Crippen LogP contribution >= 0.6 is 0 Å². The fourth-order valence-corrected chi connectivity index (χ4v) is 3.10. The second-order valence-corrected chi connectivity index (χ2v) is 6.60. The fourth-order valence-electron chi connectivity index (χ4n) is 3.10. The van der Waals surface area contributed by atoms with E-state index in [0.717, 1.165) is 19.3 Å².